The smallest absolute Gasteiger partial charge is 0.315 e. The number of carbonyl (C=O) groups is 1. The van der Waals surface area contributed by atoms with E-state index in [-0.39, 0.29) is 6.03 Å². The zero-order valence-electron chi connectivity index (χ0n) is 13.9. The highest BCUT2D eigenvalue weighted by Crippen LogP contribution is 2.30. The van der Waals surface area contributed by atoms with Gasteiger partial charge in [-0.25, -0.2) is 4.79 Å². The lowest BCUT2D eigenvalue weighted by atomic mass is 9.95. The van der Waals surface area contributed by atoms with Gasteiger partial charge in [0, 0.05) is 36.5 Å². The Balaban J connectivity index is 1.39. The second-order valence-electron chi connectivity index (χ2n) is 7.04. The van der Waals surface area contributed by atoms with Crippen LogP contribution < -0.4 is 10.6 Å². The monoisotopic (exact) mass is 325 g/mol. The summed E-state index contributed by atoms with van der Waals surface area (Å²) < 4.78 is 0. The van der Waals surface area contributed by atoms with E-state index >= 15 is 0 Å². The Labute approximate surface area is 139 Å². The number of urea groups is 1. The van der Waals surface area contributed by atoms with E-state index in [0.717, 1.165) is 44.1 Å². The summed E-state index contributed by atoms with van der Waals surface area (Å²) in [7, 11) is 0. The van der Waals surface area contributed by atoms with Crippen LogP contribution in [0.5, 0.6) is 0 Å². The van der Waals surface area contributed by atoms with Crippen LogP contribution in [0.15, 0.2) is 0 Å². The number of likely N-dealkylation sites (tertiary alicyclic amines) is 1. The molecule has 126 valence electrons. The summed E-state index contributed by atoms with van der Waals surface area (Å²) in [6.45, 7) is 4.53. The molecule has 3 fully saturated rings. The lowest BCUT2D eigenvalue weighted by Gasteiger charge is -2.34. The molecule has 2 atom stereocenters. The third-order valence-corrected chi connectivity index (χ3v) is 6.65. The van der Waals surface area contributed by atoms with E-state index in [4.69, 9.17) is 0 Å². The summed E-state index contributed by atoms with van der Waals surface area (Å²) in [6, 6.07) is 1.67. The number of hydrogen-bond donors (Lipinski definition) is 2. The summed E-state index contributed by atoms with van der Waals surface area (Å²) in [4.78, 5) is 14.9. The fourth-order valence-corrected chi connectivity index (χ4v) is 5.12. The van der Waals surface area contributed by atoms with E-state index in [1.807, 2.05) is 11.8 Å². The molecule has 0 aromatic rings. The summed E-state index contributed by atoms with van der Waals surface area (Å²) >= 11 is 2.01. The van der Waals surface area contributed by atoms with Gasteiger partial charge >= 0.3 is 6.03 Å². The summed E-state index contributed by atoms with van der Waals surface area (Å²) in [5.74, 6) is 1.14. The molecule has 1 aliphatic heterocycles. The number of nitrogens with zero attached hydrogens (tertiary/aromatic N) is 1. The molecule has 3 aliphatic rings. The molecular weight excluding hydrogens is 294 g/mol. The molecule has 2 saturated carbocycles. The van der Waals surface area contributed by atoms with Gasteiger partial charge in [-0.2, -0.15) is 11.8 Å². The van der Waals surface area contributed by atoms with Gasteiger partial charge in [0.2, 0.25) is 0 Å². The fraction of sp³-hybridized carbons (Fsp3) is 0.941. The maximum atomic E-state index is 12.3. The first-order valence-corrected chi connectivity index (χ1v) is 10.2. The predicted octanol–water partition coefficient (Wildman–Crippen LogP) is 2.98. The lowest BCUT2D eigenvalue weighted by Crippen LogP contribution is -2.52. The highest BCUT2D eigenvalue weighted by Gasteiger charge is 2.32. The zero-order valence-corrected chi connectivity index (χ0v) is 14.7. The average Bonchev–Trinajstić information content (AvgIpc) is 3.35. The van der Waals surface area contributed by atoms with Gasteiger partial charge in [0.15, 0.2) is 0 Å². The van der Waals surface area contributed by atoms with Gasteiger partial charge < -0.3 is 15.5 Å². The predicted molar refractivity (Wildman–Crippen MR) is 93.5 cm³/mol. The average molecular weight is 326 g/mol. The van der Waals surface area contributed by atoms with Crippen LogP contribution in [0, 0.1) is 0 Å². The first-order valence-electron chi connectivity index (χ1n) is 9.19. The molecule has 0 spiro atoms. The van der Waals surface area contributed by atoms with Gasteiger partial charge in [-0.05, 0) is 44.3 Å². The van der Waals surface area contributed by atoms with Crippen molar-refractivity contribution >= 4 is 17.8 Å². The molecule has 4 nitrogen and oxygen atoms in total. The van der Waals surface area contributed by atoms with Crippen LogP contribution in [-0.4, -0.2) is 53.1 Å². The Morgan fingerprint density at radius 1 is 1.05 bits per heavy atom. The number of piperidine rings is 1. The van der Waals surface area contributed by atoms with Gasteiger partial charge in [-0.3, -0.25) is 0 Å². The van der Waals surface area contributed by atoms with Gasteiger partial charge in [0.25, 0.3) is 0 Å². The topological polar surface area (TPSA) is 44.4 Å². The molecular formula is C17H31N3OS. The Morgan fingerprint density at radius 2 is 1.77 bits per heavy atom. The van der Waals surface area contributed by atoms with Crippen molar-refractivity contribution in [2.45, 2.75) is 81.7 Å². The standard InChI is InChI=1S/C17H31N3OS/c1-2-22-16-6-4-3-5-15(16)19-17(21)18-13-9-11-20(12-10-13)14-7-8-14/h13-16H,2-12H2,1H3,(H2,18,19,21). The van der Waals surface area contributed by atoms with Crippen molar-refractivity contribution in [3.05, 3.63) is 0 Å². The summed E-state index contributed by atoms with van der Waals surface area (Å²) in [5, 5.41) is 7.10. The van der Waals surface area contributed by atoms with Crippen molar-refractivity contribution in [3.63, 3.8) is 0 Å². The molecule has 1 saturated heterocycles. The van der Waals surface area contributed by atoms with Crippen LogP contribution in [0.3, 0.4) is 0 Å². The van der Waals surface area contributed by atoms with Crippen molar-refractivity contribution in [1.82, 2.24) is 15.5 Å². The first-order chi connectivity index (χ1) is 10.8. The second-order valence-corrected chi connectivity index (χ2v) is 8.56. The SMILES string of the molecule is CCSC1CCCCC1NC(=O)NC1CCN(C2CC2)CC1. The molecule has 0 bridgehead atoms. The quantitative estimate of drug-likeness (QED) is 0.817. The molecule has 2 amide bonds. The van der Waals surface area contributed by atoms with Crippen molar-refractivity contribution in [1.29, 1.82) is 0 Å². The van der Waals surface area contributed by atoms with E-state index in [1.165, 1.54) is 32.1 Å². The molecule has 1 heterocycles. The van der Waals surface area contributed by atoms with Crippen LogP contribution in [0.25, 0.3) is 0 Å². The van der Waals surface area contributed by atoms with Crippen LogP contribution >= 0.6 is 11.8 Å². The number of carbonyl (C=O) groups excluding carboxylic acids is 1. The minimum absolute atomic E-state index is 0.0680. The minimum atomic E-state index is 0.0680. The van der Waals surface area contributed by atoms with E-state index in [0.29, 0.717) is 17.3 Å². The maximum Gasteiger partial charge on any atom is 0.315 e. The van der Waals surface area contributed by atoms with Gasteiger partial charge in [-0.15, -0.1) is 0 Å². The number of hydrogen-bond acceptors (Lipinski definition) is 3. The third kappa shape index (κ3) is 4.54. The molecule has 0 radical (unpaired) electrons. The Bertz CT molecular complexity index is 365. The van der Waals surface area contributed by atoms with E-state index in [1.54, 1.807) is 0 Å². The van der Waals surface area contributed by atoms with Crippen LogP contribution in [0.1, 0.15) is 58.3 Å². The normalized spacial score (nSPS) is 31.0. The van der Waals surface area contributed by atoms with E-state index < -0.39 is 0 Å². The zero-order chi connectivity index (χ0) is 15.4. The molecule has 3 rings (SSSR count). The van der Waals surface area contributed by atoms with Gasteiger partial charge in [0.05, 0.1) is 0 Å². The Kier molecular flexibility index (Phi) is 5.91. The Hall–Kier alpha value is -0.420. The van der Waals surface area contributed by atoms with Crippen molar-refractivity contribution in [2.24, 2.45) is 0 Å². The summed E-state index contributed by atoms with van der Waals surface area (Å²) in [6.07, 6.45) is 9.97. The molecule has 5 heteroatoms. The van der Waals surface area contributed by atoms with Crippen molar-refractivity contribution in [3.8, 4) is 0 Å². The molecule has 2 unspecified atom stereocenters. The highest BCUT2D eigenvalue weighted by molar-refractivity contribution is 7.99. The van der Waals surface area contributed by atoms with Gasteiger partial charge in [0.1, 0.15) is 0 Å². The van der Waals surface area contributed by atoms with Gasteiger partial charge in [-0.1, -0.05) is 19.8 Å². The number of thioether (sulfide) groups is 1. The van der Waals surface area contributed by atoms with Crippen LogP contribution in [-0.2, 0) is 0 Å². The molecule has 22 heavy (non-hydrogen) atoms. The highest BCUT2D eigenvalue weighted by atomic mass is 32.2. The van der Waals surface area contributed by atoms with Crippen molar-refractivity contribution in [2.75, 3.05) is 18.8 Å². The largest absolute Gasteiger partial charge is 0.335 e. The fourth-order valence-electron chi connectivity index (χ4n) is 3.92. The Morgan fingerprint density at radius 3 is 2.45 bits per heavy atom. The number of nitrogens with one attached hydrogen (secondary N) is 2. The molecule has 0 aromatic carbocycles. The van der Waals surface area contributed by atoms with E-state index in [9.17, 15) is 4.79 Å². The maximum absolute atomic E-state index is 12.3. The van der Waals surface area contributed by atoms with E-state index in [2.05, 4.69) is 22.5 Å². The second kappa shape index (κ2) is 7.91. The molecule has 2 aliphatic carbocycles. The van der Waals surface area contributed by atoms with Crippen LogP contribution in [0.4, 0.5) is 4.79 Å². The van der Waals surface area contributed by atoms with Crippen molar-refractivity contribution < 1.29 is 4.79 Å². The molecule has 2 N–H and O–H groups in total. The van der Waals surface area contributed by atoms with Crippen LogP contribution in [0.2, 0.25) is 0 Å². The molecule has 0 aromatic heterocycles. The third-order valence-electron chi connectivity index (χ3n) is 5.33. The summed E-state index contributed by atoms with van der Waals surface area (Å²) in [5.41, 5.74) is 0. The minimum Gasteiger partial charge on any atom is -0.335 e. The first kappa shape index (κ1) is 16.4. The number of rotatable bonds is 5. The number of amides is 2. The lowest BCUT2D eigenvalue weighted by molar-refractivity contribution is 0.184.